The second kappa shape index (κ2) is 7.81. The number of nitrogens with one attached hydrogen (secondary N) is 2. The molecular weight excluding hydrogens is 419 g/mol. The number of anilines is 1. The van der Waals surface area contributed by atoms with Gasteiger partial charge >= 0.3 is 0 Å². The fourth-order valence-electron chi connectivity index (χ4n) is 5.30. The summed E-state index contributed by atoms with van der Waals surface area (Å²) in [5.41, 5.74) is 3.99. The molecule has 4 heterocycles. The first-order valence-corrected chi connectivity index (χ1v) is 11.3. The molecule has 6 rings (SSSR count). The first kappa shape index (κ1) is 20.1. The molecule has 3 N–H and O–H groups in total. The lowest BCUT2D eigenvalue weighted by Gasteiger charge is -2.38. The van der Waals surface area contributed by atoms with Crippen LogP contribution >= 0.6 is 0 Å². The molecule has 168 valence electrons. The zero-order valence-electron chi connectivity index (χ0n) is 18.2. The standard InChI is InChI=1S/C25H25FN6O/c1-32(22-10-15-6-8-20(30-15)25(22)26)24-13-27-21(12-28-24)17-7-5-14(9-23(17)33)16-3-2-4-19-18(16)11-29-31-19/h2-5,7,9,11-13,15,20,22,25,30,33H,6,8,10H2,1H3,(H,29,31)/t15-,20+,22-,25+/m0/s1. The van der Waals surface area contributed by atoms with Gasteiger partial charge in [0.2, 0.25) is 0 Å². The summed E-state index contributed by atoms with van der Waals surface area (Å²) in [6, 6.07) is 11.6. The van der Waals surface area contributed by atoms with Gasteiger partial charge in [0.15, 0.2) is 0 Å². The van der Waals surface area contributed by atoms with Gasteiger partial charge in [0.05, 0.1) is 35.8 Å². The predicted octanol–water partition coefficient (Wildman–Crippen LogP) is 4.06. The van der Waals surface area contributed by atoms with Crippen LogP contribution in [0, 0.1) is 0 Å². The van der Waals surface area contributed by atoms with Gasteiger partial charge < -0.3 is 15.3 Å². The van der Waals surface area contributed by atoms with Crippen molar-refractivity contribution in [2.75, 3.05) is 11.9 Å². The van der Waals surface area contributed by atoms with Crippen LogP contribution in [0.25, 0.3) is 33.3 Å². The quantitative estimate of drug-likeness (QED) is 0.440. The summed E-state index contributed by atoms with van der Waals surface area (Å²) in [6.45, 7) is 0. The van der Waals surface area contributed by atoms with Gasteiger partial charge in [-0.05, 0) is 48.6 Å². The minimum atomic E-state index is -0.925. The van der Waals surface area contributed by atoms with E-state index in [9.17, 15) is 9.50 Å². The largest absolute Gasteiger partial charge is 0.507 e. The number of aromatic amines is 1. The van der Waals surface area contributed by atoms with Crippen molar-refractivity contribution >= 4 is 16.7 Å². The SMILES string of the molecule is CN(c1cnc(-c2ccc(-c3cccc4[nH]ncc34)cc2O)cn1)[C@H]1C[C@@H]2CC[C@@H](N2)[C@H]1F. The first-order chi connectivity index (χ1) is 16.1. The summed E-state index contributed by atoms with van der Waals surface area (Å²) >= 11 is 0. The normalized spacial score (nSPS) is 24.3. The summed E-state index contributed by atoms with van der Waals surface area (Å²) in [5.74, 6) is 0.762. The highest BCUT2D eigenvalue weighted by Crippen LogP contribution is 2.36. The number of fused-ring (bicyclic) bond motifs is 3. The van der Waals surface area contributed by atoms with Crippen LogP contribution in [0.15, 0.2) is 55.0 Å². The maximum Gasteiger partial charge on any atom is 0.147 e. The average molecular weight is 445 g/mol. The second-order valence-electron chi connectivity index (χ2n) is 9.03. The van der Waals surface area contributed by atoms with E-state index >= 15 is 0 Å². The van der Waals surface area contributed by atoms with Gasteiger partial charge in [0, 0.05) is 30.1 Å². The number of rotatable bonds is 4. The van der Waals surface area contributed by atoms with E-state index in [2.05, 4.69) is 25.5 Å². The first-order valence-electron chi connectivity index (χ1n) is 11.3. The highest BCUT2D eigenvalue weighted by Gasteiger charge is 2.43. The Morgan fingerprint density at radius 2 is 1.97 bits per heavy atom. The Kier molecular flexibility index (Phi) is 4.76. The molecule has 2 saturated heterocycles. The van der Waals surface area contributed by atoms with Crippen molar-refractivity contribution in [3.05, 3.63) is 55.0 Å². The summed E-state index contributed by atoms with van der Waals surface area (Å²) < 4.78 is 14.9. The van der Waals surface area contributed by atoms with Crippen LogP contribution in [0.4, 0.5) is 10.2 Å². The predicted molar refractivity (Wildman–Crippen MR) is 126 cm³/mol. The number of hydrogen-bond acceptors (Lipinski definition) is 6. The Morgan fingerprint density at radius 1 is 1.06 bits per heavy atom. The Labute approximate surface area is 190 Å². The van der Waals surface area contributed by atoms with Gasteiger partial charge in [0.25, 0.3) is 0 Å². The van der Waals surface area contributed by atoms with Crippen LogP contribution in [0.1, 0.15) is 19.3 Å². The van der Waals surface area contributed by atoms with E-state index in [1.165, 1.54) is 0 Å². The fraction of sp³-hybridized carbons (Fsp3) is 0.320. The third-order valence-corrected chi connectivity index (χ3v) is 7.12. The van der Waals surface area contributed by atoms with E-state index in [1.54, 1.807) is 24.7 Å². The highest BCUT2D eigenvalue weighted by atomic mass is 19.1. The molecule has 2 aliphatic rings. The van der Waals surface area contributed by atoms with Crippen LogP contribution in [-0.2, 0) is 0 Å². The number of halogens is 1. The molecule has 2 bridgehead atoms. The minimum Gasteiger partial charge on any atom is -0.507 e. The monoisotopic (exact) mass is 444 g/mol. The minimum absolute atomic E-state index is 0.0632. The molecule has 7 nitrogen and oxygen atoms in total. The Bertz CT molecular complexity index is 1310. The lowest BCUT2D eigenvalue weighted by molar-refractivity contribution is 0.176. The van der Waals surface area contributed by atoms with Gasteiger partial charge in [0.1, 0.15) is 17.7 Å². The molecule has 0 radical (unpaired) electrons. The number of aromatic nitrogens is 4. The summed E-state index contributed by atoms with van der Waals surface area (Å²) in [6.07, 6.45) is 6.85. The molecule has 33 heavy (non-hydrogen) atoms. The van der Waals surface area contributed by atoms with Crippen molar-refractivity contribution in [3.8, 4) is 28.1 Å². The average Bonchev–Trinajstić information content (AvgIpc) is 3.48. The zero-order chi connectivity index (χ0) is 22.5. The zero-order valence-corrected chi connectivity index (χ0v) is 18.2. The highest BCUT2D eigenvalue weighted by molar-refractivity contribution is 5.95. The topological polar surface area (TPSA) is 90.0 Å². The van der Waals surface area contributed by atoms with E-state index in [-0.39, 0.29) is 17.8 Å². The van der Waals surface area contributed by atoms with Crippen LogP contribution in [0.2, 0.25) is 0 Å². The van der Waals surface area contributed by atoms with Crippen molar-refractivity contribution in [2.45, 2.75) is 43.6 Å². The molecule has 2 aliphatic heterocycles. The summed E-state index contributed by atoms with van der Waals surface area (Å²) in [5, 5.41) is 22.2. The number of piperidine rings is 1. The van der Waals surface area contributed by atoms with E-state index in [0.29, 0.717) is 23.1 Å². The molecule has 4 atom stereocenters. The van der Waals surface area contributed by atoms with Crippen LogP contribution in [0.5, 0.6) is 5.75 Å². The Morgan fingerprint density at radius 3 is 2.79 bits per heavy atom. The number of alkyl halides is 1. The van der Waals surface area contributed by atoms with Crippen LogP contribution in [0.3, 0.4) is 0 Å². The van der Waals surface area contributed by atoms with Crippen LogP contribution < -0.4 is 10.2 Å². The molecule has 8 heteroatoms. The van der Waals surface area contributed by atoms with Crippen molar-refractivity contribution in [1.29, 1.82) is 0 Å². The summed E-state index contributed by atoms with van der Waals surface area (Å²) in [7, 11) is 1.88. The van der Waals surface area contributed by atoms with Gasteiger partial charge in [-0.15, -0.1) is 0 Å². The maximum absolute atomic E-state index is 14.9. The van der Waals surface area contributed by atoms with E-state index in [4.69, 9.17) is 0 Å². The number of H-pyrrole nitrogens is 1. The maximum atomic E-state index is 14.9. The van der Waals surface area contributed by atoms with Crippen molar-refractivity contribution in [3.63, 3.8) is 0 Å². The fourth-order valence-corrected chi connectivity index (χ4v) is 5.30. The lowest BCUT2D eigenvalue weighted by Crippen LogP contribution is -2.55. The molecule has 0 amide bonds. The molecular formula is C25H25FN6O. The molecule has 0 aliphatic carbocycles. The molecule has 4 aromatic rings. The number of hydrogen-bond donors (Lipinski definition) is 3. The second-order valence-corrected chi connectivity index (χ2v) is 9.03. The van der Waals surface area contributed by atoms with Crippen molar-refractivity contribution in [2.24, 2.45) is 0 Å². The number of benzene rings is 2. The smallest absolute Gasteiger partial charge is 0.147 e. The number of phenols is 1. The Hall–Kier alpha value is -3.52. The van der Waals surface area contributed by atoms with Crippen molar-refractivity contribution < 1.29 is 9.50 Å². The third-order valence-electron chi connectivity index (χ3n) is 7.12. The molecule has 0 unspecified atom stereocenters. The van der Waals surface area contributed by atoms with Crippen molar-refractivity contribution in [1.82, 2.24) is 25.5 Å². The van der Waals surface area contributed by atoms with Crippen LogP contribution in [-0.4, -0.2) is 56.6 Å². The van der Waals surface area contributed by atoms with Gasteiger partial charge in [-0.25, -0.2) is 9.37 Å². The number of nitrogens with zero attached hydrogens (tertiary/aromatic N) is 4. The Balaban J connectivity index is 1.25. The summed E-state index contributed by atoms with van der Waals surface area (Å²) in [4.78, 5) is 11.0. The van der Waals surface area contributed by atoms with Gasteiger partial charge in [-0.1, -0.05) is 18.2 Å². The molecule has 2 aromatic carbocycles. The molecule has 2 fully saturated rings. The van der Waals surface area contributed by atoms with E-state index in [1.807, 2.05) is 42.3 Å². The van der Waals surface area contributed by atoms with Gasteiger partial charge in [-0.3, -0.25) is 10.1 Å². The lowest BCUT2D eigenvalue weighted by atomic mass is 9.96. The molecule has 2 aromatic heterocycles. The molecule has 0 spiro atoms. The van der Waals surface area contributed by atoms with E-state index in [0.717, 1.165) is 41.3 Å². The number of phenolic OH excluding ortho intramolecular Hbond substituents is 1. The van der Waals surface area contributed by atoms with E-state index < -0.39 is 6.17 Å². The third kappa shape index (κ3) is 3.41. The molecule has 0 saturated carbocycles. The van der Waals surface area contributed by atoms with Gasteiger partial charge in [-0.2, -0.15) is 5.10 Å². The number of aromatic hydroxyl groups is 1.